The zero-order chi connectivity index (χ0) is 19.9. The molecular weight excluding hydrogens is 354 g/mol. The van der Waals surface area contributed by atoms with Gasteiger partial charge in [-0.1, -0.05) is 12.1 Å². The van der Waals surface area contributed by atoms with Crippen LogP contribution in [-0.4, -0.2) is 68.5 Å². The van der Waals surface area contributed by atoms with Crippen LogP contribution >= 0.6 is 0 Å². The molecule has 28 heavy (non-hydrogen) atoms. The number of carbonyl (C=O) groups excluding carboxylic acids is 2. The Hall–Kier alpha value is -2.08. The third kappa shape index (κ3) is 5.47. The summed E-state index contributed by atoms with van der Waals surface area (Å²) in [6.07, 6.45) is 4.12. The van der Waals surface area contributed by atoms with Gasteiger partial charge in [0, 0.05) is 44.6 Å². The maximum Gasteiger partial charge on any atom is 0.225 e. The third-order valence-electron chi connectivity index (χ3n) is 6.13. The van der Waals surface area contributed by atoms with Gasteiger partial charge in [0.15, 0.2) is 0 Å². The van der Waals surface area contributed by atoms with Crippen molar-refractivity contribution >= 4 is 11.8 Å². The summed E-state index contributed by atoms with van der Waals surface area (Å²) in [7, 11) is 3.75. The van der Waals surface area contributed by atoms with Crippen LogP contribution in [0.25, 0.3) is 0 Å². The van der Waals surface area contributed by atoms with E-state index in [1.165, 1.54) is 5.56 Å². The summed E-state index contributed by atoms with van der Waals surface area (Å²) in [5.41, 5.74) is 1.18. The third-order valence-corrected chi connectivity index (χ3v) is 6.13. The maximum absolute atomic E-state index is 12.7. The molecule has 1 aliphatic carbocycles. The van der Waals surface area contributed by atoms with Gasteiger partial charge in [-0.05, 0) is 56.8 Å². The van der Waals surface area contributed by atoms with Gasteiger partial charge in [0.2, 0.25) is 11.8 Å². The number of piperazine rings is 1. The summed E-state index contributed by atoms with van der Waals surface area (Å²) in [5, 5.41) is 3.07. The number of rotatable bonds is 6. The van der Waals surface area contributed by atoms with E-state index in [0.717, 1.165) is 64.0 Å². The summed E-state index contributed by atoms with van der Waals surface area (Å²) in [6, 6.07) is 7.94. The molecule has 1 saturated carbocycles. The molecule has 3 rings (SSSR count). The standard InChI is InChI=1S/C22H33N3O3/c1-24-13-15-25(16-14-24)22(27)19-7-5-18(6-8-19)21(26)23-12-11-17-3-9-20(28-2)10-4-17/h3-4,9-10,18-19H,5-8,11-16H2,1-2H3,(H,23,26). The van der Waals surface area contributed by atoms with Crippen molar-refractivity contribution in [2.75, 3.05) is 46.9 Å². The first-order valence-electron chi connectivity index (χ1n) is 10.4. The van der Waals surface area contributed by atoms with Crippen molar-refractivity contribution in [2.45, 2.75) is 32.1 Å². The Balaban J connectivity index is 1.36. The monoisotopic (exact) mass is 387 g/mol. The molecule has 6 heteroatoms. The summed E-state index contributed by atoms with van der Waals surface area (Å²) >= 11 is 0. The van der Waals surface area contributed by atoms with Gasteiger partial charge in [-0.3, -0.25) is 9.59 Å². The number of benzene rings is 1. The van der Waals surface area contributed by atoms with Crippen molar-refractivity contribution in [3.63, 3.8) is 0 Å². The number of carbonyl (C=O) groups is 2. The largest absolute Gasteiger partial charge is 0.497 e. The van der Waals surface area contributed by atoms with Crippen LogP contribution in [0, 0.1) is 11.8 Å². The van der Waals surface area contributed by atoms with Gasteiger partial charge in [0.1, 0.15) is 5.75 Å². The molecule has 0 radical (unpaired) electrons. The smallest absolute Gasteiger partial charge is 0.225 e. The predicted octanol–water partition coefficient (Wildman–Crippen LogP) is 1.93. The van der Waals surface area contributed by atoms with E-state index in [9.17, 15) is 9.59 Å². The van der Waals surface area contributed by atoms with Crippen molar-refractivity contribution in [1.29, 1.82) is 0 Å². The molecular formula is C22H33N3O3. The highest BCUT2D eigenvalue weighted by atomic mass is 16.5. The van der Waals surface area contributed by atoms with Gasteiger partial charge in [-0.25, -0.2) is 0 Å². The Kier molecular flexibility index (Phi) is 7.31. The van der Waals surface area contributed by atoms with Crippen LogP contribution in [-0.2, 0) is 16.0 Å². The van der Waals surface area contributed by atoms with Crippen LogP contribution in [0.5, 0.6) is 5.75 Å². The normalized spacial score (nSPS) is 23.3. The van der Waals surface area contributed by atoms with Gasteiger partial charge >= 0.3 is 0 Å². The van der Waals surface area contributed by atoms with Gasteiger partial charge in [-0.2, -0.15) is 0 Å². The minimum atomic E-state index is 0.0485. The van der Waals surface area contributed by atoms with Gasteiger partial charge in [-0.15, -0.1) is 0 Å². The average molecular weight is 388 g/mol. The SMILES string of the molecule is COc1ccc(CCNC(=O)C2CCC(C(=O)N3CCN(C)CC3)CC2)cc1. The van der Waals surface area contributed by atoms with Crippen LogP contribution in [0.15, 0.2) is 24.3 Å². The molecule has 1 aromatic carbocycles. The van der Waals surface area contributed by atoms with Crippen molar-refractivity contribution in [2.24, 2.45) is 11.8 Å². The predicted molar refractivity (Wildman–Crippen MR) is 109 cm³/mol. The molecule has 1 aliphatic heterocycles. The Morgan fingerprint density at radius 2 is 1.61 bits per heavy atom. The van der Waals surface area contributed by atoms with E-state index in [2.05, 4.69) is 17.3 Å². The molecule has 2 amide bonds. The molecule has 2 fully saturated rings. The summed E-state index contributed by atoms with van der Waals surface area (Å²) in [4.78, 5) is 29.5. The topological polar surface area (TPSA) is 61.9 Å². The van der Waals surface area contributed by atoms with Crippen LogP contribution in [0.1, 0.15) is 31.2 Å². The lowest BCUT2D eigenvalue weighted by molar-refractivity contribution is -0.139. The lowest BCUT2D eigenvalue weighted by atomic mass is 9.81. The van der Waals surface area contributed by atoms with Crippen LogP contribution in [0.2, 0.25) is 0 Å². The number of methoxy groups -OCH3 is 1. The number of hydrogen-bond donors (Lipinski definition) is 1. The van der Waals surface area contributed by atoms with E-state index in [-0.39, 0.29) is 17.7 Å². The second-order valence-electron chi connectivity index (χ2n) is 8.07. The molecule has 0 atom stereocenters. The maximum atomic E-state index is 12.7. The summed E-state index contributed by atoms with van der Waals surface area (Å²) < 4.78 is 5.16. The molecule has 154 valence electrons. The van der Waals surface area contributed by atoms with E-state index in [0.29, 0.717) is 12.5 Å². The van der Waals surface area contributed by atoms with Crippen LogP contribution in [0.4, 0.5) is 0 Å². The Labute approximate surface area is 168 Å². The summed E-state index contributed by atoms with van der Waals surface area (Å²) in [6.45, 7) is 4.23. The number of nitrogens with one attached hydrogen (secondary N) is 1. The Morgan fingerprint density at radius 3 is 2.21 bits per heavy atom. The highest BCUT2D eigenvalue weighted by Crippen LogP contribution is 2.30. The molecule has 6 nitrogen and oxygen atoms in total. The zero-order valence-corrected chi connectivity index (χ0v) is 17.2. The molecule has 0 bridgehead atoms. The number of hydrogen-bond acceptors (Lipinski definition) is 4. The molecule has 0 unspecified atom stereocenters. The van der Waals surface area contributed by atoms with Crippen molar-refractivity contribution in [3.05, 3.63) is 29.8 Å². The zero-order valence-electron chi connectivity index (χ0n) is 17.2. The lowest BCUT2D eigenvalue weighted by Gasteiger charge is -2.36. The fourth-order valence-corrected chi connectivity index (χ4v) is 4.15. The van der Waals surface area contributed by atoms with Crippen LogP contribution in [0.3, 0.4) is 0 Å². The number of amides is 2. The first kappa shape index (κ1) is 20.6. The number of nitrogens with zero attached hydrogens (tertiary/aromatic N) is 2. The van der Waals surface area contributed by atoms with E-state index < -0.39 is 0 Å². The van der Waals surface area contributed by atoms with Crippen LogP contribution < -0.4 is 10.1 Å². The fraction of sp³-hybridized carbons (Fsp3) is 0.636. The second kappa shape index (κ2) is 9.92. The van der Waals surface area contributed by atoms with E-state index in [1.807, 2.05) is 29.2 Å². The molecule has 0 aromatic heterocycles. The molecule has 1 N–H and O–H groups in total. The van der Waals surface area contributed by atoms with E-state index in [4.69, 9.17) is 4.74 Å². The molecule has 2 aliphatic rings. The minimum Gasteiger partial charge on any atom is -0.497 e. The molecule has 1 saturated heterocycles. The second-order valence-corrected chi connectivity index (χ2v) is 8.07. The minimum absolute atomic E-state index is 0.0485. The van der Waals surface area contributed by atoms with E-state index >= 15 is 0 Å². The average Bonchev–Trinajstić information content (AvgIpc) is 2.74. The molecule has 1 heterocycles. The van der Waals surface area contributed by atoms with Crippen molar-refractivity contribution in [1.82, 2.24) is 15.1 Å². The highest BCUT2D eigenvalue weighted by Gasteiger charge is 2.32. The van der Waals surface area contributed by atoms with E-state index in [1.54, 1.807) is 7.11 Å². The van der Waals surface area contributed by atoms with Gasteiger partial charge < -0.3 is 19.9 Å². The number of likely N-dealkylation sites (N-methyl/N-ethyl adjacent to an activating group) is 1. The quantitative estimate of drug-likeness (QED) is 0.810. The molecule has 0 spiro atoms. The molecule has 1 aromatic rings. The lowest BCUT2D eigenvalue weighted by Crippen LogP contribution is -2.49. The van der Waals surface area contributed by atoms with Gasteiger partial charge in [0.05, 0.1) is 7.11 Å². The van der Waals surface area contributed by atoms with Gasteiger partial charge in [0.25, 0.3) is 0 Å². The Bertz CT molecular complexity index is 645. The Morgan fingerprint density at radius 1 is 1.00 bits per heavy atom. The highest BCUT2D eigenvalue weighted by molar-refractivity contribution is 5.81. The van der Waals surface area contributed by atoms with Crippen molar-refractivity contribution in [3.8, 4) is 5.75 Å². The fourth-order valence-electron chi connectivity index (χ4n) is 4.15. The summed E-state index contributed by atoms with van der Waals surface area (Å²) in [5.74, 6) is 1.43. The first-order valence-corrected chi connectivity index (χ1v) is 10.4. The van der Waals surface area contributed by atoms with Crippen molar-refractivity contribution < 1.29 is 14.3 Å². The first-order chi connectivity index (χ1) is 13.6. The number of ether oxygens (including phenoxy) is 1.